The molecule has 1 aliphatic heterocycles. The molecule has 0 aromatic carbocycles. The van der Waals surface area contributed by atoms with E-state index in [1.807, 2.05) is 6.08 Å². The summed E-state index contributed by atoms with van der Waals surface area (Å²) in [6.07, 6.45) is 8.87. The van der Waals surface area contributed by atoms with Crippen molar-refractivity contribution in [3.05, 3.63) is 12.7 Å². The summed E-state index contributed by atoms with van der Waals surface area (Å²) in [6, 6.07) is 0.704. The quantitative estimate of drug-likeness (QED) is 0.700. The minimum Gasteiger partial charge on any atom is -0.310 e. The van der Waals surface area contributed by atoms with Crippen molar-refractivity contribution in [2.45, 2.75) is 50.6 Å². The van der Waals surface area contributed by atoms with E-state index in [0.29, 0.717) is 11.6 Å². The number of nitrogens with zero attached hydrogens (tertiary/aromatic N) is 1. The Bertz CT molecular complexity index is 219. The lowest BCUT2D eigenvalue weighted by atomic mass is 9.97. The van der Waals surface area contributed by atoms with Gasteiger partial charge in [0.25, 0.3) is 0 Å². The molecule has 86 valence electrons. The summed E-state index contributed by atoms with van der Waals surface area (Å²) < 4.78 is 0. The Kier molecular flexibility index (Phi) is 3.47. The van der Waals surface area contributed by atoms with Crippen molar-refractivity contribution in [2.24, 2.45) is 0 Å². The maximum absolute atomic E-state index is 3.87. The molecule has 2 rings (SSSR count). The maximum Gasteiger partial charge on any atom is 0.0309 e. The lowest BCUT2D eigenvalue weighted by molar-refractivity contribution is 0.185. The van der Waals surface area contributed by atoms with Gasteiger partial charge in [-0.3, -0.25) is 4.90 Å². The fourth-order valence-corrected chi connectivity index (χ4v) is 3.13. The Morgan fingerprint density at radius 1 is 1.47 bits per heavy atom. The van der Waals surface area contributed by atoms with Crippen LogP contribution < -0.4 is 5.32 Å². The van der Waals surface area contributed by atoms with E-state index in [2.05, 4.69) is 23.7 Å². The van der Waals surface area contributed by atoms with Crippen LogP contribution in [0.25, 0.3) is 0 Å². The summed E-state index contributed by atoms with van der Waals surface area (Å²) in [5, 5.41) is 3.80. The third-order valence-corrected chi connectivity index (χ3v) is 4.12. The standard InChI is InChI=1S/C13H24N2/c1-3-10-15-11-13(7-4-5-8-13)14-9-6-12(15)2/h3,12,14H,1,4-11H2,2H3. The summed E-state index contributed by atoms with van der Waals surface area (Å²) in [7, 11) is 0. The molecule has 1 aliphatic carbocycles. The average molecular weight is 208 g/mol. The van der Waals surface area contributed by atoms with Gasteiger partial charge in [0.2, 0.25) is 0 Å². The normalized spacial score (nSPS) is 31.7. The Morgan fingerprint density at radius 2 is 2.20 bits per heavy atom. The molecule has 1 unspecified atom stereocenters. The highest BCUT2D eigenvalue weighted by molar-refractivity contribution is 4.99. The summed E-state index contributed by atoms with van der Waals surface area (Å²) in [5.74, 6) is 0. The van der Waals surface area contributed by atoms with E-state index in [1.165, 1.54) is 45.2 Å². The van der Waals surface area contributed by atoms with Crippen molar-refractivity contribution in [1.82, 2.24) is 10.2 Å². The molecular weight excluding hydrogens is 184 g/mol. The molecular formula is C13H24N2. The zero-order chi connectivity index (χ0) is 10.7. The monoisotopic (exact) mass is 208 g/mol. The highest BCUT2D eigenvalue weighted by atomic mass is 15.2. The minimum atomic E-state index is 0.438. The van der Waals surface area contributed by atoms with Gasteiger partial charge < -0.3 is 5.32 Å². The molecule has 1 spiro atoms. The zero-order valence-electron chi connectivity index (χ0n) is 9.97. The predicted molar refractivity (Wildman–Crippen MR) is 65.1 cm³/mol. The van der Waals surface area contributed by atoms with Crippen molar-refractivity contribution in [3.8, 4) is 0 Å². The molecule has 2 fully saturated rings. The van der Waals surface area contributed by atoms with Crippen LogP contribution in [-0.4, -0.2) is 36.1 Å². The van der Waals surface area contributed by atoms with Gasteiger partial charge in [0, 0.05) is 24.7 Å². The van der Waals surface area contributed by atoms with Crippen LogP contribution in [0.1, 0.15) is 39.0 Å². The third kappa shape index (κ3) is 2.43. The molecule has 1 saturated heterocycles. The van der Waals surface area contributed by atoms with E-state index in [-0.39, 0.29) is 0 Å². The Labute approximate surface area is 93.7 Å². The first kappa shape index (κ1) is 11.2. The first-order valence-corrected chi connectivity index (χ1v) is 6.36. The van der Waals surface area contributed by atoms with Crippen LogP contribution in [0, 0.1) is 0 Å². The molecule has 2 aliphatic rings. The van der Waals surface area contributed by atoms with Crippen LogP contribution in [0.15, 0.2) is 12.7 Å². The molecule has 0 bridgehead atoms. The summed E-state index contributed by atoms with van der Waals surface area (Å²) in [4.78, 5) is 2.60. The zero-order valence-corrected chi connectivity index (χ0v) is 9.97. The van der Waals surface area contributed by atoms with E-state index in [4.69, 9.17) is 0 Å². The Morgan fingerprint density at radius 3 is 2.87 bits per heavy atom. The summed E-state index contributed by atoms with van der Waals surface area (Å²) in [6.45, 7) is 9.68. The van der Waals surface area contributed by atoms with Crippen LogP contribution in [0.2, 0.25) is 0 Å². The van der Waals surface area contributed by atoms with Gasteiger partial charge >= 0.3 is 0 Å². The lowest BCUT2D eigenvalue weighted by Crippen LogP contribution is -2.50. The Hall–Kier alpha value is -0.340. The van der Waals surface area contributed by atoms with E-state index in [1.54, 1.807) is 0 Å². The van der Waals surface area contributed by atoms with Crippen molar-refractivity contribution in [3.63, 3.8) is 0 Å². The number of hydrogen-bond acceptors (Lipinski definition) is 2. The molecule has 2 nitrogen and oxygen atoms in total. The van der Waals surface area contributed by atoms with Crippen LogP contribution >= 0.6 is 0 Å². The van der Waals surface area contributed by atoms with E-state index in [9.17, 15) is 0 Å². The highest BCUT2D eigenvalue weighted by Gasteiger charge is 2.37. The predicted octanol–water partition coefficient (Wildman–Crippen LogP) is 2.17. The number of rotatable bonds is 2. The van der Waals surface area contributed by atoms with Gasteiger partial charge in [-0.05, 0) is 32.7 Å². The molecule has 0 aromatic rings. The largest absolute Gasteiger partial charge is 0.310 e. The van der Waals surface area contributed by atoms with E-state index < -0.39 is 0 Å². The van der Waals surface area contributed by atoms with Crippen molar-refractivity contribution in [2.75, 3.05) is 19.6 Å². The fraction of sp³-hybridized carbons (Fsp3) is 0.846. The lowest BCUT2D eigenvalue weighted by Gasteiger charge is -2.34. The minimum absolute atomic E-state index is 0.438. The first-order valence-electron chi connectivity index (χ1n) is 6.36. The second-order valence-electron chi connectivity index (χ2n) is 5.27. The summed E-state index contributed by atoms with van der Waals surface area (Å²) >= 11 is 0. The molecule has 0 radical (unpaired) electrons. The van der Waals surface area contributed by atoms with E-state index in [0.717, 1.165) is 6.54 Å². The van der Waals surface area contributed by atoms with Crippen molar-refractivity contribution < 1.29 is 0 Å². The molecule has 1 saturated carbocycles. The SMILES string of the molecule is C=CCN1CC2(CCCC2)NCCC1C. The van der Waals surface area contributed by atoms with Gasteiger partial charge in [-0.25, -0.2) is 0 Å². The average Bonchev–Trinajstić information content (AvgIpc) is 2.60. The summed E-state index contributed by atoms with van der Waals surface area (Å²) in [5.41, 5.74) is 0.438. The van der Waals surface area contributed by atoms with Crippen LogP contribution in [-0.2, 0) is 0 Å². The maximum atomic E-state index is 3.87. The molecule has 1 N–H and O–H groups in total. The highest BCUT2D eigenvalue weighted by Crippen LogP contribution is 2.32. The topological polar surface area (TPSA) is 15.3 Å². The second kappa shape index (κ2) is 4.67. The van der Waals surface area contributed by atoms with E-state index >= 15 is 0 Å². The van der Waals surface area contributed by atoms with Gasteiger partial charge in [0.05, 0.1) is 0 Å². The molecule has 1 atom stereocenters. The van der Waals surface area contributed by atoms with Crippen molar-refractivity contribution in [1.29, 1.82) is 0 Å². The number of hydrogen-bond donors (Lipinski definition) is 1. The molecule has 0 aromatic heterocycles. The fourth-order valence-electron chi connectivity index (χ4n) is 3.13. The van der Waals surface area contributed by atoms with Crippen LogP contribution in [0.3, 0.4) is 0 Å². The molecule has 15 heavy (non-hydrogen) atoms. The van der Waals surface area contributed by atoms with Gasteiger partial charge in [0.15, 0.2) is 0 Å². The molecule has 0 amide bonds. The Balaban J connectivity index is 2.05. The van der Waals surface area contributed by atoms with Gasteiger partial charge in [-0.1, -0.05) is 18.9 Å². The number of nitrogens with one attached hydrogen (secondary N) is 1. The molecule has 1 heterocycles. The first-order chi connectivity index (χ1) is 7.26. The van der Waals surface area contributed by atoms with Gasteiger partial charge in [-0.15, -0.1) is 6.58 Å². The third-order valence-electron chi connectivity index (χ3n) is 4.12. The van der Waals surface area contributed by atoms with Gasteiger partial charge in [0.1, 0.15) is 0 Å². The van der Waals surface area contributed by atoms with Crippen LogP contribution in [0.5, 0.6) is 0 Å². The second-order valence-corrected chi connectivity index (χ2v) is 5.27. The molecule has 2 heteroatoms. The van der Waals surface area contributed by atoms with Crippen LogP contribution in [0.4, 0.5) is 0 Å². The smallest absolute Gasteiger partial charge is 0.0309 e. The van der Waals surface area contributed by atoms with Gasteiger partial charge in [-0.2, -0.15) is 0 Å². The van der Waals surface area contributed by atoms with Crippen molar-refractivity contribution >= 4 is 0 Å².